The molecular weight excluding hydrogens is 288 g/mol. The fourth-order valence-electron chi connectivity index (χ4n) is 2.20. The number of benzene rings is 2. The average molecular weight is 304 g/mol. The van der Waals surface area contributed by atoms with Gasteiger partial charge in [0.05, 0.1) is 11.4 Å². The molecule has 0 saturated carbocycles. The third-order valence-electron chi connectivity index (χ3n) is 3.30. The van der Waals surface area contributed by atoms with Gasteiger partial charge in [0.25, 0.3) is 0 Å². The van der Waals surface area contributed by atoms with Crippen molar-refractivity contribution in [2.45, 2.75) is 0 Å². The maximum absolute atomic E-state index is 12.8. The van der Waals surface area contributed by atoms with Gasteiger partial charge >= 0.3 is 6.03 Å². The Kier molecular flexibility index (Phi) is 4.20. The first kappa shape index (κ1) is 14.6. The summed E-state index contributed by atoms with van der Waals surface area (Å²) in [4.78, 5) is 18.3. The molecule has 0 fully saturated rings. The third kappa shape index (κ3) is 3.47. The number of rotatable bonds is 3. The van der Waals surface area contributed by atoms with Gasteiger partial charge in [-0.05, 0) is 48.5 Å². The monoisotopic (exact) mass is 304 g/mol. The van der Waals surface area contributed by atoms with E-state index in [0.29, 0.717) is 11.4 Å². The Labute approximate surface area is 134 Å². The van der Waals surface area contributed by atoms with E-state index in [2.05, 4.69) is 10.3 Å². The van der Waals surface area contributed by atoms with Crippen LogP contribution in [0.3, 0.4) is 0 Å². The molecule has 114 valence electrons. The molecule has 0 radical (unpaired) electrons. The smallest absolute Gasteiger partial charge is 0.330 e. The summed E-state index contributed by atoms with van der Waals surface area (Å²) in [5, 5.41) is 2.87. The van der Waals surface area contributed by atoms with Crippen molar-refractivity contribution < 1.29 is 4.79 Å². The zero-order valence-corrected chi connectivity index (χ0v) is 12.4. The fraction of sp³-hybridized carbons (Fsp3) is 0. The van der Waals surface area contributed by atoms with Crippen molar-refractivity contribution in [3.8, 4) is 0 Å². The summed E-state index contributed by atoms with van der Waals surface area (Å²) in [6, 6.07) is 19.8. The number of nitrogen functional groups attached to an aromatic ring is 1. The summed E-state index contributed by atoms with van der Waals surface area (Å²) in [5.41, 5.74) is 8.57. The minimum Gasteiger partial charge on any atom is -0.399 e. The highest BCUT2D eigenvalue weighted by Gasteiger charge is 2.17. The normalized spacial score (nSPS) is 10.1. The molecule has 5 nitrogen and oxygen atoms in total. The predicted octanol–water partition coefficient (Wildman–Crippen LogP) is 4.03. The van der Waals surface area contributed by atoms with Gasteiger partial charge < -0.3 is 11.1 Å². The summed E-state index contributed by atoms with van der Waals surface area (Å²) in [6.45, 7) is 0. The Morgan fingerprint density at radius 1 is 0.870 bits per heavy atom. The lowest BCUT2D eigenvalue weighted by Gasteiger charge is -2.23. The van der Waals surface area contributed by atoms with Crippen LogP contribution in [0.4, 0.5) is 27.5 Å². The molecule has 0 aliphatic carbocycles. The molecule has 0 spiro atoms. The van der Waals surface area contributed by atoms with E-state index in [-0.39, 0.29) is 6.03 Å². The summed E-state index contributed by atoms with van der Waals surface area (Å²) in [7, 11) is 0. The van der Waals surface area contributed by atoms with E-state index in [4.69, 9.17) is 5.73 Å². The minimum atomic E-state index is -0.257. The molecule has 0 aliphatic heterocycles. The van der Waals surface area contributed by atoms with Crippen LogP contribution < -0.4 is 16.0 Å². The van der Waals surface area contributed by atoms with Crippen LogP contribution in [0.2, 0.25) is 0 Å². The van der Waals surface area contributed by atoms with Gasteiger partial charge in [0.1, 0.15) is 0 Å². The second-order valence-electron chi connectivity index (χ2n) is 4.93. The molecule has 3 N–H and O–H groups in total. The van der Waals surface area contributed by atoms with E-state index in [0.717, 1.165) is 11.4 Å². The predicted molar refractivity (Wildman–Crippen MR) is 92.7 cm³/mol. The van der Waals surface area contributed by atoms with Crippen molar-refractivity contribution in [3.05, 3.63) is 79.1 Å². The van der Waals surface area contributed by atoms with Crippen molar-refractivity contribution >= 4 is 28.8 Å². The lowest BCUT2D eigenvalue weighted by Crippen LogP contribution is -2.30. The molecule has 0 atom stereocenters. The molecular formula is C18H16N4O. The van der Waals surface area contributed by atoms with Crippen molar-refractivity contribution in [3.63, 3.8) is 0 Å². The summed E-state index contributed by atoms with van der Waals surface area (Å²) in [5.74, 6) is 0. The van der Waals surface area contributed by atoms with Gasteiger partial charge in [0.2, 0.25) is 0 Å². The maximum atomic E-state index is 12.8. The van der Waals surface area contributed by atoms with Crippen LogP contribution in [-0.2, 0) is 0 Å². The van der Waals surface area contributed by atoms with Gasteiger partial charge in [-0.3, -0.25) is 9.88 Å². The van der Waals surface area contributed by atoms with E-state index >= 15 is 0 Å². The van der Waals surface area contributed by atoms with E-state index in [1.165, 1.54) is 0 Å². The van der Waals surface area contributed by atoms with Crippen LogP contribution in [0.25, 0.3) is 0 Å². The molecule has 0 saturated heterocycles. The Hall–Kier alpha value is -3.34. The van der Waals surface area contributed by atoms with Crippen LogP contribution in [-0.4, -0.2) is 11.0 Å². The molecule has 0 unspecified atom stereocenters. The molecule has 3 aromatic rings. The van der Waals surface area contributed by atoms with Crippen molar-refractivity contribution in [2.75, 3.05) is 16.0 Å². The quantitative estimate of drug-likeness (QED) is 0.717. The highest BCUT2D eigenvalue weighted by Crippen LogP contribution is 2.27. The first-order valence-corrected chi connectivity index (χ1v) is 7.16. The lowest BCUT2D eigenvalue weighted by molar-refractivity contribution is 0.259. The average Bonchev–Trinajstić information content (AvgIpc) is 2.59. The number of nitrogens with one attached hydrogen (secondary N) is 1. The second-order valence-corrected chi connectivity index (χ2v) is 4.93. The molecule has 2 amide bonds. The molecule has 3 rings (SSSR count). The van der Waals surface area contributed by atoms with Crippen LogP contribution in [0, 0.1) is 0 Å². The van der Waals surface area contributed by atoms with Gasteiger partial charge in [0, 0.05) is 23.8 Å². The molecule has 0 aliphatic rings. The van der Waals surface area contributed by atoms with Gasteiger partial charge in [-0.25, -0.2) is 4.79 Å². The van der Waals surface area contributed by atoms with Gasteiger partial charge in [-0.15, -0.1) is 0 Å². The fourth-order valence-corrected chi connectivity index (χ4v) is 2.20. The number of hydrogen-bond acceptors (Lipinski definition) is 3. The van der Waals surface area contributed by atoms with Crippen LogP contribution in [0.1, 0.15) is 0 Å². The number of amides is 2. The largest absolute Gasteiger partial charge is 0.399 e. The highest BCUT2D eigenvalue weighted by atomic mass is 16.2. The van der Waals surface area contributed by atoms with Crippen LogP contribution in [0.15, 0.2) is 79.1 Å². The number of nitrogens with zero attached hydrogens (tertiary/aromatic N) is 2. The van der Waals surface area contributed by atoms with Gasteiger partial charge in [-0.1, -0.05) is 18.2 Å². The SMILES string of the molecule is Nc1ccc(N(C(=O)Nc2ccncc2)c2ccccc2)cc1. The Bertz CT molecular complexity index is 773. The molecule has 1 aromatic heterocycles. The minimum absolute atomic E-state index is 0.257. The van der Waals surface area contributed by atoms with Crippen molar-refractivity contribution in [2.24, 2.45) is 0 Å². The van der Waals surface area contributed by atoms with Crippen LogP contribution >= 0.6 is 0 Å². The Morgan fingerprint density at radius 2 is 1.48 bits per heavy atom. The van der Waals surface area contributed by atoms with Crippen LogP contribution in [0.5, 0.6) is 0 Å². The molecule has 0 bridgehead atoms. The van der Waals surface area contributed by atoms with E-state index < -0.39 is 0 Å². The molecule has 23 heavy (non-hydrogen) atoms. The summed E-state index contributed by atoms with van der Waals surface area (Å²) in [6.07, 6.45) is 3.26. The van der Waals surface area contributed by atoms with Crippen molar-refractivity contribution in [1.82, 2.24) is 4.98 Å². The second kappa shape index (κ2) is 6.62. The molecule has 2 aromatic carbocycles. The number of aromatic nitrogens is 1. The van der Waals surface area contributed by atoms with Gasteiger partial charge in [0.15, 0.2) is 0 Å². The zero-order chi connectivity index (χ0) is 16.1. The molecule has 1 heterocycles. The Morgan fingerprint density at radius 3 is 2.13 bits per heavy atom. The van der Waals surface area contributed by atoms with Gasteiger partial charge in [-0.2, -0.15) is 0 Å². The molecule has 5 heteroatoms. The standard InChI is InChI=1S/C18H16N4O/c19-14-6-8-17(9-7-14)22(16-4-2-1-3-5-16)18(23)21-15-10-12-20-13-11-15/h1-13H,19H2,(H,20,21,23). The summed E-state index contributed by atoms with van der Waals surface area (Å²) >= 11 is 0. The number of para-hydroxylation sites is 1. The third-order valence-corrected chi connectivity index (χ3v) is 3.30. The lowest BCUT2D eigenvalue weighted by atomic mass is 10.2. The van der Waals surface area contributed by atoms with E-state index in [1.54, 1.807) is 41.6 Å². The van der Waals surface area contributed by atoms with E-state index in [1.807, 2.05) is 42.5 Å². The maximum Gasteiger partial charge on any atom is 0.330 e. The number of hydrogen-bond donors (Lipinski definition) is 2. The number of nitrogens with two attached hydrogens (primary N) is 1. The first-order valence-electron chi connectivity index (χ1n) is 7.16. The number of anilines is 4. The number of urea groups is 1. The van der Waals surface area contributed by atoms with Crippen molar-refractivity contribution in [1.29, 1.82) is 0 Å². The van der Waals surface area contributed by atoms with E-state index in [9.17, 15) is 4.79 Å². The number of carbonyl (C=O) groups is 1. The summed E-state index contributed by atoms with van der Waals surface area (Å²) < 4.78 is 0. The number of carbonyl (C=O) groups excluding carboxylic acids is 1. The topological polar surface area (TPSA) is 71.2 Å². The highest BCUT2D eigenvalue weighted by molar-refractivity contribution is 6.07. The first-order chi connectivity index (χ1) is 11.2. The zero-order valence-electron chi connectivity index (χ0n) is 12.4. The number of pyridine rings is 1. The Balaban J connectivity index is 1.95.